The highest BCUT2D eigenvalue weighted by Crippen LogP contribution is 2.30. The molecule has 0 aliphatic rings. The molecule has 0 fully saturated rings. The lowest BCUT2D eigenvalue weighted by molar-refractivity contribution is 0.0795. The van der Waals surface area contributed by atoms with E-state index in [1.807, 2.05) is 32.0 Å². The zero-order chi connectivity index (χ0) is 22.1. The predicted octanol–water partition coefficient (Wildman–Crippen LogP) is 5.02. The van der Waals surface area contributed by atoms with Crippen LogP contribution in [0.25, 0.3) is 22.5 Å². The van der Waals surface area contributed by atoms with Crippen LogP contribution in [0.3, 0.4) is 0 Å². The minimum Gasteiger partial charge on any atom is -0.350 e. The van der Waals surface area contributed by atoms with Crippen molar-refractivity contribution in [3.05, 3.63) is 70.0 Å². The maximum Gasteiger partial charge on any atom is 0.274 e. The Bertz CT molecular complexity index is 1250. The molecule has 2 heterocycles. The first kappa shape index (κ1) is 20.8. The number of likely N-dealkylation sites (N-methyl/N-ethyl adjacent to an activating group) is 1. The lowest BCUT2D eigenvalue weighted by Gasteiger charge is -2.16. The number of aryl methyl sites for hydroxylation is 4. The molecule has 0 radical (unpaired) electrons. The number of benzene rings is 2. The number of hydrogen-bond acceptors (Lipinski definition) is 4. The van der Waals surface area contributed by atoms with Crippen molar-refractivity contribution in [3.8, 4) is 11.6 Å². The zero-order valence-corrected chi connectivity index (χ0v) is 18.7. The van der Waals surface area contributed by atoms with E-state index in [9.17, 15) is 4.79 Å². The van der Waals surface area contributed by atoms with E-state index in [1.54, 1.807) is 11.9 Å². The van der Waals surface area contributed by atoms with Crippen molar-refractivity contribution in [2.45, 2.75) is 40.5 Å². The van der Waals surface area contributed by atoms with Gasteiger partial charge in [-0.05, 0) is 68.1 Å². The maximum absolute atomic E-state index is 12.7. The molecular weight excluding hydrogens is 388 g/mol. The summed E-state index contributed by atoms with van der Waals surface area (Å²) < 4.78 is 5.56. The zero-order valence-electron chi connectivity index (χ0n) is 18.7. The third kappa shape index (κ3) is 4.10. The van der Waals surface area contributed by atoms with E-state index in [0.29, 0.717) is 30.2 Å². The fourth-order valence-electron chi connectivity index (χ4n) is 3.83. The number of H-pyrrole nitrogens is 1. The topological polar surface area (TPSA) is 75.0 Å². The van der Waals surface area contributed by atoms with Crippen LogP contribution in [-0.2, 0) is 12.8 Å². The lowest BCUT2D eigenvalue weighted by atomic mass is 10.1. The molecular formula is C25H28N4O2. The molecule has 0 aliphatic heterocycles. The molecule has 0 aliphatic carbocycles. The highest BCUT2D eigenvalue weighted by atomic mass is 16.5. The van der Waals surface area contributed by atoms with Gasteiger partial charge in [-0.2, -0.15) is 4.98 Å². The third-order valence-electron chi connectivity index (χ3n) is 5.87. The number of aromatic nitrogens is 3. The fourth-order valence-corrected chi connectivity index (χ4v) is 3.83. The lowest BCUT2D eigenvalue weighted by Crippen LogP contribution is -2.29. The first-order valence-corrected chi connectivity index (χ1v) is 10.6. The normalized spacial score (nSPS) is 11.3. The van der Waals surface area contributed by atoms with E-state index in [2.05, 4.69) is 47.2 Å². The van der Waals surface area contributed by atoms with Crippen molar-refractivity contribution in [2.24, 2.45) is 0 Å². The average Bonchev–Trinajstić information content (AvgIpc) is 3.37. The van der Waals surface area contributed by atoms with Gasteiger partial charge in [0.05, 0.1) is 0 Å². The highest BCUT2D eigenvalue weighted by Gasteiger charge is 2.19. The summed E-state index contributed by atoms with van der Waals surface area (Å²) in [5.74, 6) is 1.07. The largest absolute Gasteiger partial charge is 0.350 e. The van der Waals surface area contributed by atoms with Crippen molar-refractivity contribution in [2.75, 3.05) is 13.6 Å². The van der Waals surface area contributed by atoms with Crippen LogP contribution >= 0.6 is 0 Å². The van der Waals surface area contributed by atoms with Crippen LogP contribution < -0.4 is 0 Å². The number of nitrogens with one attached hydrogen (secondary N) is 1. The van der Waals surface area contributed by atoms with E-state index in [4.69, 9.17) is 4.52 Å². The third-order valence-corrected chi connectivity index (χ3v) is 5.87. The molecule has 6 heteroatoms. The van der Waals surface area contributed by atoms with E-state index < -0.39 is 0 Å². The second-order valence-electron chi connectivity index (χ2n) is 8.17. The SMILES string of the molecule is CCc1c(-c2nc(CCN(C)C(=O)c3ccc(C)c(C)c3)no2)[nH]c2ccc(C)cc12. The second kappa shape index (κ2) is 8.38. The van der Waals surface area contributed by atoms with Crippen LogP contribution in [0.5, 0.6) is 0 Å². The van der Waals surface area contributed by atoms with Gasteiger partial charge in [-0.15, -0.1) is 0 Å². The molecule has 0 atom stereocenters. The van der Waals surface area contributed by atoms with Gasteiger partial charge < -0.3 is 14.4 Å². The predicted molar refractivity (Wildman–Crippen MR) is 122 cm³/mol. The molecule has 0 bridgehead atoms. The molecule has 4 aromatic rings. The van der Waals surface area contributed by atoms with Crippen molar-refractivity contribution >= 4 is 16.8 Å². The van der Waals surface area contributed by atoms with Crippen LogP contribution in [0.15, 0.2) is 40.9 Å². The molecule has 2 aromatic heterocycles. The number of hydrogen-bond donors (Lipinski definition) is 1. The van der Waals surface area contributed by atoms with Crippen LogP contribution in [0, 0.1) is 20.8 Å². The number of nitrogens with zero attached hydrogens (tertiary/aromatic N) is 3. The Balaban J connectivity index is 1.49. The maximum atomic E-state index is 12.7. The van der Waals surface area contributed by atoms with Gasteiger partial charge in [0.15, 0.2) is 5.82 Å². The number of amides is 1. The van der Waals surface area contributed by atoms with E-state index in [-0.39, 0.29) is 5.91 Å². The molecule has 0 unspecified atom stereocenters. The number of rotatable bonds is 6. The van der Waals surface area contributed by atoms with Crippen molar-refractivity contribution < 1.29 is 9.32 Å². The van der Waals surface area contributed by atoms with Gasteiger partial charge in [0.25, 0.3) is 11.8 Å². The van der Waals surface area contributed by atoms with Crippen molar-refractivity contribution in [1.82, 2.24) is 20.0 Å². The molecule has 1 amide bonds. The Labute approximate surface area is 182 Å². The molecule has 2 aromatic carbocycles. The van der Waals surface area contributed by atoms with Gasteiger partial charge in [0, 0.05) is 36.5 Å². The van der Waals surface area contributed by atoms with Gasteiger partial charge in [-0.3, -0.25) is 4.79 Å². The minimum atomic E-state index is -0.00826. The van der Waals surface area contributed by atoms with E-state index in [1.165, 1.54) is 22.1 Å². The average molecular weight is 417 g/mol. The molecule has 6 nitrogen and oxygen atoms in total. The standard InChI is InChI=1S/C25H28N4O2/c1-6-19-20-13-15(2)7-10-21(20)26-23(19)24-27-22(28-31-24)11-12-29(5)25(30)18-9-8-16(3)17(4)14-18/h7-10,13-14,26H,6,11-12H2,1-5H3. The van der Waals surface area contributed by atoms with Crippen molar-refractivity contribution in [1.29, 1.82) is 0 Å². The smallest absolute Gasteiger partial charge is 0.274 e. The molecule has 160 valence electrons. The Morgan fingerprint density at radius 2 is 1.90 bits per heavy atom. The summed E-state index contributed by atoms with van der Waals surface area (Å²) in [6.07, 6.45) is 1.39. The van der Waals surface area contributed by atoms with Gasteiger partial charge in [0.2, 0.25) is 0 Å². The first-order chi connectivity index (χ1) is 14.9. The summed E-state index contributed by atoms with van der Waals surface area (Å²) in [7, 11) is 1.80. The summed E-state index contributed by atoms with van der Waals surface area (Å²) in [5, 5.41) is 5.33. The fraction of sp³-hybridized carbons (Fsp3) is 0.320. The molecule has 0 spiro atoms. The Kier molecular flexibility index (Phi) is 5.63. The van der Waals surface area contributed by atoms with Crippen LogP contribution in [0.4, 0.5) is 0 Å². The monoisotopic (exact) mass is 416 g/mol. The van der Waals surface area contributed by atoms with Crippen LogP contribution in [0.2, 0.25) is 0 Å². The summed E-state index contributed by atoms with van der Waals surface area (Å²) >= 11 is 0. The quantitative estimate of drug-likeness (QED) is 0.479. The van der Waals surface area contributed by atoms with E-state index >= 15 is 0 Å². The molecule has 1 N–H and O–H groups in total. The Morgan fingerprint density at radius 1 is 1.10 bits per heavy atom. The Morgan fingerprint density at radius 3 is 2.65 bits per heavy atom. The van der Waals surface area contributed by atoms with Gasteiger partial charge in [-0.25, -0.2) is 0 Å². The number of aromatic amines is 1. The second-order valence-corrected chi connectivity index (χ2v) is 8.17. The summed E-state index contributed by atoms with van der Waals surface area (Å²) in [6, 6.07) is 12.1. The first-order valence-electron chi connectivity index (χ1n) is 10.6. The van der Waals surface area contributed by atoms with Crippen molar-refractivity contribution in [3.63, 3.8) is 0 Å². The molecule has 31 heavy (non-hydrogen) atoms. The van der Waals surface area contributed by atoms with Crippen LogP contribution in [0.1, 0.15) is 45.4 Å². The minimum absolute atomic E-state index is 0.00826. The van der Waals surface area contributed by atoms with Gasteiger partial charge in [0.1, 0.15) is 5.69 Å². The number of fused-ring (bicyclic) bond motifs is 1. The highest BCUT2D eigenvalue weighted by molar-refractivity contribution is 5.94. The summed E-state index contributed by atoms with van der Waals surface area (Å²) in [6.45, 7) is 8.78. The van der Waals surface area contributed by atoms with E-state index in [0.717, 1.165) is 23.2 Å². The summed E-state index contributed by atoms with van der Waals surface area (Å²) in [4.78, 5) is 22.4. The molecule has 0 saturated heterocycles. The molecule has 0 saturated carbocycles. The van der Waals surface area contributed by atoms with Gasteiger partial charge in [-0.1, -0.05) is 29.8 Å². The summed E-state index contributed by atoms with van der Waals surface area (Å²) in [5.41, 5.74) is 7.32. The van der Waals surface area contributed by atoms with Gasteiger partial charge >= 0.3 is 0 Å². The molecule has 4 rings (SSSR count). The number of carbonyl (C=O) groups excluding carboxylic acids is 1. The Hall–Kier alpha value is -3.41. The van der Waals surface area contributed by atoms with Crippen LogP contribution in [-0.4, -0.2) is 39.5 Å². The number of carbonyl (C=O) groups is 1.